The number of rotatable bonds is 5. The van der Waals surface area contributed by atoms with E-state index in [9.17, 15) is 19.2 Å². The lowest BCUT2D eigenvalue weighted by Gasteiger charge is -2.09. The van der Waals surface area contributed by atoms with E-state index in [4.69, 9.17) is 0 Å². The van der Waals surface area contributed by atoms with Crippen LogP contribution in [-0.2, 0) is 18.4 Å². The van der Waals surface area contributed by atoms with Crippen molar-refractivity contribution in [2.24, 2.45) is 7.05 Å². The Kier molecular flexibility index (Phi) is 4.57. The average molecular weight is 265 g/mol. The highest BCUT2D eigenvalue weighted by molar-refractivity contribution is 5.93. The standard InChI is InChI=1S/C12H15N3O4/c1-4-5-13-10(17)7-15-6-9(8(2)16)11(18)14(3)12(15)19/h4,6H,1,5,7H2,2-3H3,(H,13,17). The second-order valence-electron chi connectivity index (χ2n) is 3.97. The molecule has 102 valence electrons. The molecule has 0 radical (unpaired) electrons. The number of nitrogens with one attached hydrogen (secondary N) is 1. The first-order valence-electron chi connectivity index (χ1n) is 5.57. The molecule has 19 heavy (non-hydrogen) atoms. The summed E-state index contributed by atoms with van der Waals surface area (Å²) < 4.78 is 1.83. The lowest BCUT2D eigenvalue weighted by molar-refractivity contribution is -0.121. The van der Waals surface area contributed by atoms with Crippen LogP contribution in [0.15, 0.2) is 28.4 Å². The number of aromatic nitrogens is 2. The molecule has 0 saturated heterocycles. The molecule has 0 aliphatic heterocycles. The van der Waals surface area contributed by atoms with Crippen molar-refractivity contribution in [3.8, 4) is 0 Å². The monoisotopic (exact) mass is 265 g/mol. The van der Waals surface area contributed by atoms with Crippen LogP contribution in [0, 0.1) is 0 Å². The van der Waals surface area contributed by atoms with E-state index >= 15 is 0 Å². The van der Waals surface area contributed by atoms with E-state index in [0.717, 1.165) is 15.3 Å². The van der Waals surface area contributed by atoms with Crippen LogP contribution in [0.4, 0.5) is 0 Å². The third kappa shape index (κ3) is 3.27. The molecule has 0 aromatic carbocycles. The van der Waals surface area contributed by atoms with Crippen molar-refractivity contribution < 1.29 is 9.59 Å². The lowest BCUT2D eigenvalue weighted by Crippen LogP contribution is -2.42. The van der Waals surface area contributed by atoms with Gasteiger partial charge >= 0.3 is 5.69 Å². The fourth-order valence-electron chi connectivity index (χ4n) is 1.48. The van der Waals surface area contributed by atoms with Crippen molar-refractivity contribution in [1.82, 2.24) is 14.5 Å². The molecule has 0 saturated carbocycles. The molecule has 0 aliphatic rings. The highest BCUT2D eigenvalue weighted by Crippen LogP contribution is 1.91. The lowest BCUT2D eigenvalue weighted by atomic mass is 10.2. The summed E-state index contributed by atoms with van der Waals surface area (Å²) in [6, 6.07) is 0. The van der Waals surface area contributed by atoms with Crippen LogP contribution in [0.1, 0.15) is 17.3 Å². The molecular formula is C12H15N3O4. The summed E-state index contributed by atoms with van der Waals surface area (Å²) in [5.74, 6) is -0.865. The van der Waals surface area contributed by atoms with E-state index in [-0.39, 0.29) is 18.7 Å². The predicted molar refractivity (Wildman–Crippen MR) is 69.2 cm³/mol. The molecule has 7 heteroatoms. The van der Waals surface area contributed by atoms with E-state index in [1.54, 1.807) is 0 Å². The van der Waals surface area contributed by atoms with E-state index < -0.39 is 22.9 Å². The van der Waals surface area contributed by atoms with E-state index in [2.05, 4.69) is 11.9 Å². The molecule has 1 rings (SSSR count). The Morgan fingerprint density at radius 1 is 1.42 bits per heavy atom. The molecule has 0 unspecified atom stereocenters. The second-order valence-corrected chi connectivity index (χ2v) is 3.97. The second kappa shape index (κ2) is 5.94. The zero-order valence-corrected chi connectivity index (χ0v) is 10.8. The maximum absolute atomic E-state index is 11.8. The molecule has 0 atom stereocenters. The van der Waals surface area contributed by atoms with Gasteiger partial charge in [0, 0.05) is 19.8 Å². The quantitative estimate of drug-likeness (QED) is 0.549. The smallest absolute Gasteiger partial charge is 0.331 e. The van der Waals surface area contributed by atoms with Gasteiger partial charge in [0.2, 0.25) is 5.91 Å². The molecule has 1 N–H and O–H groups in total. The Balaban J connectivity index is 3.18. The zero-order chi connectivity index (χ0) is 14.6. The van der Waals surface area contributed by atoms with Crippen LogP contribution >= 0.6 is 0 Å². The van der Waals surface area contributed by atoms with Crippen LogP contribution in [0.2, 0.25) is 0 Å². The molecule has 7 nitrogen and oxygen atoms in total. The summed E-state index contributed by atoms with van der Waals surface area (Å²) in [6.45, 7) is 4.69. The van der Waals surface area contributed by atoms with Gasteiger partial charge in [-0.05, 0) is 6.92 Å². The van der Waals surface area contributed by atoms with Crippen molar-refractivity contribution >= 4 is 11.7 Å². The van der Waals surface area contributed by atoms with Gasteiger partial charge in [-0.3, -0.25) is 23.5 Å². The Labute approximate surface area is 109 Å². The Morgan fingerprint density at radius 3 is 2.58 bits per heavy atom. The van der Waals surface area contributed by atoms with E-state index in [1.807, 2.05) is 0 Å². The van der Waals surface area contributed by atoms with Crippen LogP contribution in [0.25, 0.3) is 0 Å². The zero-order valence-electron chi connectivity index (χ0n) is 10.8. The first kappa shape index (κ1) is 14.6. The first-order chi connectivity index (χ1) is 8.88. The number of nitrogens with zero attached hydrogens (tertiary/aromatic N) is 2. The van der Waals surface area contributed by atoms with Gasteiger partial charge in [0.25, 0.3) is 5.56 Å². The van der Waals surface area contributed by atoms with Gasteiger partial charge in [0.15, 0.2) is 5.78 Å². The van der Waals surface area contributed by atoms with Crippen molar-refractivity contribution in [1.29, 1.82) is 0 Å². The Hall–Kier alpha value is -2.44. The van der Waals surface area contributed by atoms with Crippen molar-refractivity contribution in [2.45, 2.75) is 13.5 Å². The maximum Gasteiger partial charge on any atom is 0.331 e. The van der Waals surface area contributed by atoms with Crippen molar-refractivity contribution in [3.05, 3.63) is 45.3 Å². The minimum atomic E-state index is -0.666. The van der Waals surface area contributed by atoms with Gasteiger partial charge in [-0.2, -0.15) is 0 Å². The predicted octanol–water partition coefficient (Wildman–Crippen LogP) is -0.948. The van der Waals surface area contributed by atoms with E-state index in [0.29, 0.717) is 0 Å². The average Bonchev–Trinajstić information content (AvgIpc) is 2.36. The van der Waals surface area contributed by atoms with Gasteiger partial charge in [0.05, 0.1) is 5.56 Å². The SMILES string of the molecule is C=CCNC(=O)Cn1cc(C(C)=O)c(=O)n(C)c1=O. The number of hydrogen-bond donors (Lipinski definition) is 1. The number of Topliss-reactive ketones (excluding diaryl/α,β-unsaturated/α-hetero) is 1. The fraction of sp³-hybridized carbons (Fsp3) is 0.333. The topological polar surface area (TPSA) is 90.2 Å². The molecule has 0 bridgehead atoms. The number of carbonyl (C=O) groups is 2. The minimum absolute atomic E-state index is 0.126. The van der Waals surface area contributed by atoms with Gasteiger partial charge in [-0.1, -0.05) is 6.08 Å². The molecule has 0 aliphatic carbocycles. The molecule has 1 aromatic heterocycles. The summed E-state index contributed by atoms with van der Waals surface area (Å²) >= 11 is 0. The van der Waals surface area contributed by atoms with E-state index in [1.165, 1.54) is 20.0 Å². The first-order valence-corrected chi connectivity index (χ1v) is 5.57. The minimum Gasteiger partial charge on any atom is -0.351 e. The third-order valence-corrected chi connectivity index (χ3v) is 2.49. The number of hydrogen-bond acceptors (Lipinski definition) is 4. The van der Waals surface area contributed by atoms with Crippen LogP contribution in [0.3, 0.4) is 0 Å². The molecule has 0 spiro atoms. The van der Waals surface area contributed by atoms with Crippen LogP contribution in [-0.4, -0.2) is 27.4 Å². The molecule has 1 aromatic rings. The Bertz CT molecular complexity index is 639. The maximum atomic E-state index is 11.8. The Morgan fingerprint density at radius 2 is 2.05 bits per heavy atom. The summed E-state index contributed by atoms with van der Waals surface area (Å²) in [5.41, 5.74) is -1.44. The number of carbonyl (C=O) groups excluding carboxylic acids is 2. The van der Waals surface area contributed by atoms with Crippen LogP contribution in [0.5, 0.6) is 0 Å². The summed E-state index contributed by atoms with van der Waals surface area (Å²) in [5, 5.41) is 2.50. The summed E-state index contributed by atoms with van der Waals surface area (Å²) in [6.07, 6.45) is 2.61. The third-order valence-electron chi connectivity index (χ3n) is 2.49. The van der Waals surface area contributed by atoms with Gasteiger partial charge in [-0.15, -0.1) is 6.58 Å². The largest absolute Gasteiger partial charge is 0.351 e. The van der Waals surface area contributed by atoms with Crippen LogP contribution < -0.4 is 16.6 Å². The number of amides is 1. The number of ketones is 1. The molecular weight excluding hydrogens is 250 g/mol. The summed E-state index contributed by atoms with van der Waals surface area (Å²) in [4.78, 5) is 46.3. The van der Waals surface area contributed by atoms with Crippen molar-refractivity contribution in [2.75, 3.05) is 6.54 Å². The fourth-order valence-corrected chi connectivity index (χ4v) is 1.48. The van der Waals surface area contributed by atoms with Gasteiger partial charge in [0.1, 0.15) is 6.54 Å². The molecule has 0 fully saturated rings. The van der Waals surface area contributed by atoms with Gasteiger partial charge in [-0.25, -0.2) is 4.79 Å². The molecule has 1 amide bonds. The summed E-state index contributed by atoms with van der Waals surface area (Å²) in [7, 11) is 1.26. The van der Waals surface area contributed by atoms with Crippen molar-refractivity contribution in [3.63, 3.8) is 0 Å². The molecule has 1 heterocycles. The van der Waals surface area contributed by atoms with Gasteiger partial charge < -0.3 is 5.32 Å². The highest BCUT2D eigenvalue weighted by atomic mass is 16.2. The normalized spacial score (nSPS) is 10.0. The highest BCUT2D eigenvalue weighted by Gasteiger charge is 2.13.